The highest BCUT2D eigenvalue weighted by Crippen LogP contribution is 2.21. The van der Waals surface area contributed by atoms with Crippen molar-refractivity contribution < 1.29 is 5.11 Å². The number of hydrogen-bond acceptors (Lipinski definition) is 2. The molecule has 1 fully saturated rings. The van der Waals surface area contributed by atoms with E-state index in [1.165, 1.54) is 0 Å². The maximum absolute atomic E-state index is 9.64. The summed E-state index contributed by atoms with van der Waals surface area (Å²) < 4.78 is 0. The topological polar surface area (TPSA) is 23.5 Å². The molecule has 1 aliphatic heterocycles. The van der Waals surface area contributed by atoms with E-state index in [1.54, 1.807) is 0 Å². The number of aliphatic hydroxyl groups is 1. The second-order valence-electron chi connectivity index (χ2n) is 3.49. The fraction of sp³-hybridized carbons (Fsp3) is 0.778. The maximum Gasteiger partial charge on any atom is 0.139 e. The number of hydrogen-bond donors (Lipinski definition) is 1. The van der Waals surface area contributed by atoms with Crippen LogP contribution in [0.1, 0.15) is 20.3 Å². The summed E-state index contributed by atoms with van der Waals surface area (Å²) in [6.07, 6.45) is 5.91. The normalized spacial score (nSPS) is 32.6. The minimum Gasteiger partial charge on any atom is -0.376 e. The smallest absolute Gasteiger partial charge is 0.139 e. The van der Waals surface area contributed by atoms with E-state index in [2.05, 4.69) is 24.7 Å². The molecule has 0 amide bonds. The van der Waals surface area contributed by atoms with Gasteiger partial charge in [0.2, 0.25) is 0 Å². The molecular weight excluding hydrogens is 138 g/mol. The number of rotatable bonds is 1. The standard InChI is InChI=1S/C9H15NO/c1-4-9(11)5-6-10(7-9)8(2)3/h1,8,11H,5-7H2,2-3H3. The Kier molecular flexibility index (Phi) is 2.22. The van der Waals surface area contributed by atoms with Gasteiger partial charge in [0.15, 0.2) is 0 Å². The molecule has 0 saturated carbocycles. The van der Waals surface area contributed by atoms with Crippen LogP contribution < -0.4 is 0 Å². The zero-order chi connectivity index (χ0) is 8.48. The van der Waals surface area contributed by atoms with Gasteiger partial charge in [-0.1, -0.05) is 5.92 Å². The molecule has 2 nitrogen and oxygen atoms in total. The second kappa shape index (κ2) is 2.84. The van der Waals surface area contributed by atoms with Crippen molar-refractivity contribution in [2.75, 3.05) is 13.1 Å². The van der Waals surface area contributed by atoms with E-state index in [1.807, 2.05) is 0 Å². The molecule has 1 saturated heterocycles. The summed E-state index contributed by atoms with van der Waals surface area (Å²) in [6.45, 7) is 5.77. The maximum atomic E-state index is 9.64. The van der Waals surface area contributed by atoms with E-state index >= 15 is 0 Å². The fourth-order valence-electron chi connectivity index (χ4n) is 1.38. The van der Waals surface area contributed by atoms with E-state index in [0.29, 0.717) is 19.0 Å². The molecule has 0 aromatic heterocycles. The van der Waals surface area contributed by atoms with Gasteiger partial charge >= 0.3 is 0 Å². The van der Waals surface area contributed by atoms with Gasteiger partial charge in [0.25, 0.3) is 0 Å². The first-order valence-electron chi connectivity index (χ1n) is 4.01. The third-order valence-electron chi connectivity index (χ3n) is 2.28. The Balaban J connectivity index is 2.55. The van der Waals surface area contributed by atoms with Crippen LogP contribution in [-0.2, 0) is 0 Å². The Labute approximate surface area is 68.2 Å². The van der Waals surface area contributed by atoms with Gasteiger partial charge < -0.3 is 5.11 Å². The third-order valence-corrected chi connectivity index (χ3v) is 2.28. The molecule has 0 spiro atoms. The average Bonchev–Trinajstić information content (AvgIpc) is 2.33. The van der Waals surface area contributed by atoms with E-state index < -0.39 is 5.60 Å². The Morgan fingerprint density at radius 3 is 2.55 bits per heavy atom. The predicted molar refractivity (Wildman–Crippen MR) is 45.1 cm³/mol. The van der Waals surface area contributed by atoms with E-state index in [9.17, 15) is 5.11 Å². The van der Waals surface area contributed by atoms with Crippen LogP contribution in [0.3, 0.4) is 0 Å². The summed E-state index contributed by atoms with van der Waals surface area (Å²) >= 11 is 0. The molecule has 1 N–H and O–H groups in total. The van der Waals surface area contributed by atoms with Gasteiger partial charge in [-0.25, -0.2) is 0 Å². The molecule has 0 aliphatic carbocycles. The Hall–Kier alpha value is -0.520. The number of nitrogens with zero attached hydrogens (tertiary/aromatic N) is 1. The Bertz CT molecular complexity index is 182. The van der Waals surface area contributed by atoms with Crippen LogP contribution in [0.4, 0.5) is 0 Å². The molecule has 11 heavy (non-hydrogen) atoms. The van der Waals surface area contributed by atoms with E-state index in [0.717, 1.165) is 6.54 Å². The molecule has 62 valence electrons. The van der Waals surface area contributed by atoms with Crippen molar-refractivity contribution >= 4 is 0 Å². The lowest BCUT2D eigenvalue weighted by Crippen LogP contribution is -2.34. The molecule has 1 aliphatic rings. The predicted octanol–water partition coefficient (Wildman–Crippen LogP) is 0.465. The molecule has 1 unspecified atom stereocenters. The summed E-state index contributed by atoms with van der Waals surface area (Å²) in [7, 11) is 0. The first-order chi connectivity index (χ1) is 5.07. The van der Waals surface area contributed by atoms with E-state index in [4.69, 9.17) is 6.42 Å². The van der Waals surface area contributed by atoms with Crippen LogP contribution in [0.25, 0.3) is 0 Å². The van der Waals surface area contributed by atoms with Gasteiger partial charge in [0.1, 0.15) is 5.60 Å². The lowest BCUT2D eigenvalue weighted by atomic mass is 10.1. The van der Waals surface area contributed by atoms with Crippen molar-refractivity contribution in [2.45, 2.75) is 31.9 Å². The first-order valence-corrected chi connectivity index (χ1v) is 4.01. The zero-order valence-electron chi connectivity index (χ0n) is 7.17. The van der Waals surface area contributed by atoms with Gasteiger partial charge in [-0.2, -0.15) is 0 Å². The van der Waals surface area contributed by atoms with Crippen molar-refractivity contribution in [1.82, 2.24) is 4.90 Å². The van der Waals surface area contributed by atoms with Crippen LogP contribution >= 0.6 is 0 Å². The zero-order valence-corrected chi connectivity index (χ0v) is 7.17. The fourth-order valence-corrected chi connectivity index (χ4v) is 1.38. The van der Waals surface area contributed by atoms with Gasteiger partial charge in [0.05, 0.1) is 0 Å². The Morgan fingerprint density at radius 2 is 2.27 bits per heavy atom. The van der Waals surface area contributed by atoms with Crippen LogP contribution in [0.15, 0.2) is 0 Å². The molecule has 0 aromatic rings. The molecule has 1 rings (SSSR count). The summed E-state index contributed by atoms with van der Waals surface area (Å²) in [6, 6.07) is 0.484. The quantitative estimate of drug-likeness (QED) is 0.553. The van der Waals surface area contributed by atoms with Crippen molar-refractivity contribution in [3.63, 3.8) is 0 Å². The molecule has 0 radical (unpaired) electrons. The van der Waals surface area contributed by atoms with Crippen LogP contribution in [-0.4, -0.2) is 34.7 Å². The first kappa shape index (κ1) is 8.58. The van der Waals surface area contributed by atoms with Crippen molar-refractivity contribution in [3.05, 3.63) is 0 Å². The number of likely N-dealkylation sites (tertiary alicyclic amines) is 1. The summed E-state index contributed by atoms with van der Waals surface area (Å²) in [5, 5.41) is 9.64. The highest BCUT2D eigenvalue weighted by Gasteiger charge is 2.34. The van der Waals surface area contributed by atoms with Gasteiger partial charge in [-0.15, -0.1) is 6.42 Å². The molecule has 1 heterocycles. The van der Waals surface area contributed by atoms with Gasteiger partial charge in [0, 0.05) is 25.6 Å². The third kappa shape index (κ3) is 1.74. The van der Waals surface area contributed by atoms with Crippen LogP contribution in [0.5, 0.6) is 0 Å². The van der Waals surface area contributed by atoms with Crippen molar-refractivity contribution in [3.8, 4) is 12.3 Å². The highest BCUT2D eigenvalue weighted by atomic mass is 16.3. The summed E-state index contributed by atoms with van der Waals surface area (Å²) in [4.78, 5) is 2.19. The van der Waals surface area contributed by atoms with E-state index in [-0.39, 0.29) is 0 Å². The number of terminal acetylenes is 1. The largest absolute Gasteiger partial charge is 0.376 e. The minimum atomic E-state index is -0.857. The summed E-state index contributed by atoms with van der Waals surface area (Å²) in [5.74, 6) is 2.44. The second-order valence-corrected chi connectivity index (χ2v) is 3.49. The van der Waals surface area contributed by atoms with Crippen molar-refractivity contribution in [2.24, 2.45) is 0 Å². The summed E-state index contributed by atoms with van der Waals surface area (Å²) in [5.41, 5.74) is -0.857. The van der Waals surface area contributed by atoms with Crippen LogP contribution in [0, 0.1) is 12.3 Å². The lowest BCUT2D eigenvalue weighted by Gasteiger charge is -2.21. The van der Waals surface area contributed by atoms with Gasteiger partial charge in [-0.3, -0.25) is 4.90 Å². The van der Waals surface area contributed by atoms with Crippen molar-refractivity contribution in [1.29, 1.82) is 0 Å². The molecule has 1 atom stereocenters. The molecule has 0 aromatic carbocycles. The monoisotopic (exact) mass is 153 g/mol. The van der Waals surface area contributed by atoms with Crippen LogP contribution in [0.2, 0.25) is 0 Å². The molecular formula is C9H15NO. The molecule has 0 bridgehead atoms. The molecule has 2 heteroatoms. The SMILES string of the molecule is C#CC1(O)CCN(C(C)C)C1. The van der Waals surface area contributed by atoms with Gasteiger partial charge in [-0.05, 0) is 13.8 Å². The Morgan fingerprint density at radius 1 is 1.64 bits per heavy atom. The minimum absolute atomic E-state index is 0.484. The number of β-amino-alcohol motifs (C(OH)–C–C–N with tert-alkyl or cyclic N) is 1. The highest BCUT2D eigenvalue weighted by molar-refractivity contribution is 5.12. The lowest BCUT2D eigenvalue weighted by molar-refractivity contribution is 0.103. The average molecular weight is 153 g/mol.